The first-order valence-electron chi connectivity index (χ1n) is 9.01. The van der Waals surface area contributed by atoms with E-state index in [-0.39, 0.29) is 17.7 Å². The van der Waals surface area contributed by atoms with E-state index in [1.807, 2.05) is 31.2 Å². The van der Waals surface area contributed by atoms with Crippen LogP contribution in [0.25, 0.3) is 0 Å². The zero-order chi connectivity index (χ0) is 19.4. The van der Waals surface area contributed by atoms with Crippen LogP contribution in [-0.2, 0) is 4.79 Å². The van der Waals surface area contributed by atoms with Crippen molar-refractivity contribution in [2.75, 3.05) is 17.2 Å². The van der Waals surface area contributed by atoms with Gasteiger partial charge in [0.1, 0.15) is 6.04 Å². The van der Waals surface area contributed by atoms with E-state index < -0.39 is 6.04 Å². The number of hydrogen-bond donors (Lipinski definition) is 2. The molecule has 1 fully saturated rings. The van der Waals surface area contributed by atoms with Crippen LogP contribution in [0.2, 0.25) is 0 Å². The number of nitrogens with one attached hydrogen (secondary N) is 2. The van der Waals surface area contributed by atoms with E-state index in [1.165, 1.54) is 6.92 Å². The van der Waals surface area contributed by atoms with Gasteiger partial charge >= 0.3 is 6.03 Å². The van der Waals surface area contributed by atoms with Crippen LogP contribution in [0.15, 0.2) is 48.5 Å². The number of urea groups is 1. The first kappa shape index (κ1) is 18.6. The maximum absolute atomic E-state index is 12.7. The molecule has 3 amide bonds. The highest BCUT2D eigenvalue weighted by Gasteiger charge is 2.34. The minimum absolute atomic E-state index is 0.0669. The summed E-state index contributed by atoms with van der Waals surface area (Å²) in [5.41, 5.74) is 2.80. The Balaban J connectivity index is 1.69. The lowest BCUT2D eigenvalue weighted by atomic mass is 10.1. The summed E-state index contributed by atoms with van der Waals surface area (Å²) in [6.45, 7) is 3.92. The molecule has 0 aromatic heterocycles. The molecule has 3 rings (SSSR count). The second kappa shape index (κ2) is 8.03. The van der Waals surface area contributed by atoms with Crippen molar-refractivity contribution in [1.82, 2.24) is 4.90 Å². The van der Waals surface area contributed by atoms with E-state index in [1.54, 1.807) is 29.2 Å². The monoisotopic (exact) mass is 365 g/mol. The number of hydrogen-bond acceptors (Lipinski definition) is 3. The standard InChI is InChI=1S/C21H23N3O3/c1-14-7-3-4-10-18(14)23-20(26)19-11-6-12-24(19)21(27)22-17-9-5-8-16(13-17)15(2)25/h3-5,7-10,13,19H,6,11-12H2,1-2H3,(H,22,27)(H,23,26)/t19-/m1/s1. The van der Waals surface area contributed by atoms with E-state index >= 15 is 0 Å². The number of anilines is 2. The molecule has 1 aliphatic heterocycles. The van der Waals surface area contributed by atoms with Crippen LogP contribution in [0.5, 0.6) is 0 Å². The fraction of sp³-hybridized carbons (Fsp3) is 0.286. The molecular weight excluding hydrogens is 342 g/mol. The molecule has 2 N–H and O–H groups in total. The molecule has 1 saturated heterocycles. The molecule has 0 unspecified atom stereocenters. The number of carbonyl (C=O) groups excluding carboxylic acids is 3. The third-order valence-corrected chi connectivity index (χ3v) is 4.74. The molecule has 6 nitrogen and oxygen atoms in total. The summed E-state index contributed by atoms with van der Waals surface area (Å²) < 4.78 is 0. The van der Waals surface area contributed by atoms with Gasteiger partial charge in [0.15, 0.2) is 5.78 Å². The minimum Gasteiger partial charge on any atom is -0.324 e. The Morgan fingerprint density at radius 3 is 2.56 bits per heavy atom. The fourth-order valence-electron chi connectivity index (χ4n) is 3.22. The van der Waals surface area contributed by atoms with E-state index in [9.17, 15) is 14.4 Å². The van der Waals surface area contributed by atoms with Crippen molar-refractivity contribution in [3.05, 3.63) is 59.7 Å². The van der Waals surface area contributed by atoms with Crippen molar-refractivity contribution in [3.63, 3.8) is 0 Å². The van der Waals surface area contributed by atoms with Gasteiger partial charge in [-0.3, -0.25) is 9.59 Å². The summed E-state index contributed by atoms with van der Waals surface area (Å²) in [6.07, 6.45) is 1.39. The zero-order valence-electron chi connectivity index (χ0n) is 15.5. The molecule has 6 heteroatoms. The number of amides is 3. The van der Waals surface area contributed by atoms with Crippen LogP contribution in [-0.4, -0.2) is 35.2 Å². The Labute approximate surface area is 158 Å². The van der Waals surface area contributed by atoms with Crippen molar-refractivity contribution < 1.29 is 14.4 Å². The maximum Gasteiger partial charge on any atom is 0.322 e. The molecule has 2 aromatic carbocycles. The number of likely N-dealkylation sites (tertiary alicyclic amines) is 1. The van der Waals surface area contributed by atoms with Crippen LogP contribution >= 0.6 is 0 Å². The van der Waals surface area contributed by atoms with Gasteiger partial charge in [0.05, 0.1) is 0 Å². The van der Waals surface area contributed by atoms with Gasteiger partial charge in [-0.1, -0.05) is 30.3 Å². The lowest BCUT2D eigenvalue weighted by Crippen LogP contribution is -2.45. The third kappa shape index (κ3) is 4.34. The number of para-hydroxylation sites is 1. The Morgan fingerprint density at radius 2 is 1.81 bits per heavy atom. The predicted octanol–water partition coefficient (Wildman–Crippen LogP) is 3.83. The molecule has 27 heavy (non-hydrogen) atoms. The molecular formula is C21H23N3O3. The quantitative estimate of drug-likeness (QED) is 0.808. The van der Waals surface area contributed by atoms with Crippen molar-refractivity contribution in [1.29, 1.82) is 0 Å². The summed E-state index contributed by atoms with van der Waals surface area (Å²) in [5.74, 6) is -0.253. The van der Waals surface area contributed by atoms with E-state index in [2.05, 4.69) is 10.6 Å². The Hall–Kier alpha value is -3.15. The molecule has 2 aromatic rings. The lowest BCUT2D eigenvalue weighted by molar-refractivity contribution is -0.119. The number of Topliss-reactive ketones (excluding diaryl/α,β-unsaturated/α-hetero) is 1. The first-order valence-corrected chi connectivity index (χ1v) is 9.01. The summed E-state index contributed by atoms with van der Waals surface area (Å²) in [6, 6.07) is 13.5. The summed E-state index contributed by atoms with van der Waals surface area (Å²) in [5, 5.41) is 5.71. The molecule has 0 bridgehead atoms. The number of ketones is 1. The fourth-order valence-corrected chi connectivity index (χ4v) is 3.22. The summed E-state index contributed by atoms with van der Waals surface area (Å²) in [4.78, 5) is 38.4. The van der Waals surface area contributed by atoms with Crippen molar-refractivity contribution in [2.24, 2.45) is 0 Å². The molecule has 140 valence electrons. The first-order chi connectivity index (χ1) is 13.0. The molecule has 0 spiro atoms. The predicted molar refractivity (Wildman–Crippen MR) is 105 cm³/mol. The number of benzene rings is 2. The van der Waals surface area contributed by atoms with Crippen molar-refractivity contribution in [3.8, 4) is 0 Å². The average molecular weight is 365 g/mol. The van der Waals surface area contributed by atoms with Crippen molar-refractivity contribution in [2.45, 2.75) is 32.7 Å². The van der Waals surface area contributed by atoms with Gasteiger partial charge in [-0.25, -0.2) is 4.79 Å². The van der Waals surface area contributed by atoms with Gasteiger partial charge in [-0.2, -0.15) is 0 Å². The molecule has 1 atom stereocenters. The zero-order valence-corrected chi connectivity index (χ0v) is 15.5. The van der Waals surface area contributed by atoms with Crippen LogP contribution in [0.3, 0.4) is 0 Å². The third-order valence-electron chi connectivity index (χ3n) is 4.74. The molecule has 0 aliphatic carbocycles. The van der Waals surface area contributed by atoms with Crippen molar-refractivity contribution >= 4 is 29.1 Å². The van der Waals surface area contributed by atoms with Gasteiger partial charge < -0.3 is 15.5 Å². The van der Waals surface area contributed by atoms with E-state index in [0.29, 0.717) is 24.2 Å². The second-order valence-corrected chi connectivity index (χ2v) is 6.72. The molecule has 0 saturated carbocycles. The highest BCUT2D eigenvalue weighted by Crippen LogP contribution is 2.22. The van der Waals surface area contributed by atoms with Gasteiger partial charge in [-0.15, -0.1) is 0 Å². The minimum atomic E-state index is -0.513. The van der Waals surface area contributed by atoms with Crippen LogP contribution in [0.4, 0.5) is 16.2 Å². The number of aryl methyl sites for hydroxylation is 1. The Kier molecular flexibility index (Phi) is 5.54. The van der Waals surface area contributed by atoms with E-state index in [4.69, 9.17) is 0 Å². The lowest BCUT2D eigenvalue weighted by Gasteiger charge is -2.24. The number of rotatable bonds is 4. The normalized spacial score (nSPS) is 16.1. The smallest absolute Gasteiger partial charge is 0.322 e. The topological polar surface area (TPSA) is 78.5 Å². The number of nitrogens with zero attached hydrogens (tertiary/aromatic N) is 1. The van der Waals surface area contributed by atoms with Crippen LogP contribution in [0, 0.1) is 6.92 Å². The SMILES string of the molecule is CC(=O)c1cccc(NC(=O)N2CCC[C@@H]2C(=O)Nc2ccccc2C)c1. The Bertz CT molecular complexity index is 878. The number of carbonyl (C=O) groups is 3. The van der Waals surface area contributed by atoms with Gasteiger partial charge in [0, 0.05) is 23.5 Å². The molecule has 1 aliphatic rings. The highest BCUT2D eigenvalue weighted by molar-refractivity contribution is 6.00. The summed E-state index contributed by atoms with van der Waals surface area (Å²) in [7, 11) is 0. The Morgan fingerprint density at radius 1 is 1.04 bits per heavy atom. The van der Waals surface area contributed by atoms with E-state index in [0.717, 1.165) is 17.7 Å². The van der Waals surface area contributed by atoms with Gasteiger partial charge in [-0.05, 0) is 50.5 Å². The highest BCUT2D eigenvalue weighted by atomic mass is 16.2. The van der Waals surface area contributed by atoms with Crippen LogP contribution in [0.1, 0.15) is 35.7 Å². The maximum atomic E-state index is 12.7. The van der Waals surface area contributed by atoms with Crippen LogP contribution < -0.4 is 10.6 Å². The average Bonchev–Trinajstić information content (AvgIpc) is 3.14. The second-order valence-electron chi connectivity index (χ2n) is 6.72. The van der Waals surface area contributed by atoms with Gasteiger partial charge in [0.2, 0.25) is 5.91 Å². The summed E-state index contributed by atoms with van der Waals surface area (Å²) >= 11 is 0. The molecule has 0 radical (unpaired) electrons. The largest absolute Gasteiger partial charge is 0.324 e. The molecule has 1 heterocycles. The van der Waals surface area contributed by atoms with Gasteiger partial charge in [0.25, 0.3) is 0 Å².